The molecule has 5 heteroatoms. The minimum Gasteiger partial charge on any atom is -0.377 e. The zero-order valence-corrected chi connectivity index (χ0v) is 17.7. The Morgan fingerprint density at radius 3 is 2.52 bits per heavy atom. The Labute approximate surface area is 159 Å². The second kappa shape index (κ2) is 10.1. The largest absolute Gasteiger partial charge is 0.377 e. The van der Waals surface area contributed by atoms with Gasteiger partial charge in [0.1, 0.15) is 0 Å². The van der Waals surface area contributed by atoms with Crippen molar-refractivity contribution in [1.82, 2.24) is 10.6 Å². The van der Waals surface area contributed by atoms with Crippen LogP contribution in [0.4, 0.5) is 0 Å². The van der Waals surface area contributed by atoms with Gasteiger partial charge in [0.05, 0.1) is 6.10 Å². The lowest BCUT2D eigenvalue weighted by atomic mass is 9.78. The molecule has 2 N–H and O–H groups in total. The van der Waals surface area contributed by atoms with E-state index in [4.69, 9.17) is 9.73 Å². The number of ether oxygens (including phenoxy) is 1. The topological polar surface area (TPSA) is 45.7 Å². The fourth-order valence-corrected chi connectivity index (χ4v) is 3.34. The monoisotopic (exact) mass is 437 g/mol. The smallest absolute Gasteiger partial charge is 0.191 e. The molecule has 2 atom stereocenters. The quantitative estimate of drug-likeness (QED) is 0.378. The van der Waals surface area contributed by atoms with Gasteiger partial charge in [0.25, 0.3) is 0 Å². The molecular weight excluding hydrogens is 401 g/mol. The van der Waals surface area contributed by atoms with E-state index in [0.717, 1.165) is 38.1 Å². The predicted octanol–water partition coefficient (Wildman–Crippen LogP) is 3.80. The maximum atomic E-state index is 6.06. The molecule has 0 aromatic carbocycles. The summed E-state index contributed by atoms with van der Waals surface area (Å²) >= 11 is 0. The first-order chi connectivity index (χ1) is 10.5. The molecule has 0 spiro atoms. The normalized spacial score (nSPS) is 25.7. The van der Waals surface area contributed by atoms with Crippen LogP contribution in [0.25, 0.3) is 0 Å². The van der Waals surface area contributed by atoms with Crippen LogP contribution in [0, 0.1) is 17.3 Å². The second-order valence-corrected chi connectivity index (χ2v) is 7.94. The maximum absolute atomic E-state index is 6.06. The molecule has 2 rings (SSSR count). The summed E-state index contributed by atoms with van der Waals surface area (Å²) in [6.07, 6.45) is 6.83. The molecule has 2 aliphatic rings. The van der Waals surface area contributed by atoms with E-state index in [-0.39, 0.29) is 29.4 Å². The molecule has 4 nitrogen and oxygen atoms in total. The van der Waals surface area contributed by atoms with Crippen molar-refractivity contribution < 1.29 is 4.74 Å². The average Bonchev–Trinajstić information content (AvgIpc) is 3.28. The lowest BCUT2D eigenvalue weighted by molar-refractivity contribution is -0.0823. The van der Waals surface area contributed by atoms with Crippen LogP contribution < -0.4 is 10.6 Å². The van der Waals surface area contributed by atoms with Crippen molar-refractivity contribution in [3.05, 3.63) is 0 Å². The lowest BCUT2D eigenvalue weighted by Crippen LogP contribution is -2.43. The third-order valence-electron chi connectivity index (χ3n) is 4.67. The van der Waals surface area contributed by atoms with Gasteiger partial charge < -0.3 is 15.4 Å². The Hall–Kier alpha value is -0.0400. The van der Waals surface area contributed by atoms with Gasteiger partial charge >= 0.3 is 0 Å². The molecule has 0 aromatic rings. The van der Waals surface area contributed by atoms with Crippen LogP contribution in [0.15, 0.2) is 4.99 Å². The van der Waals surface area contributed by atoms with Crippen LogP contribution >= 0.6 is 24.0 Å². The van der Waals surface area contributed by atoms with Crippen molar-refractivity contribution in [3.8, 4) is 0 Å². The van der Waals surface area contributed by atoms with E-state index in [1.807, 2.05) is 0 Å². The third-order valence-corrected chi connectivity index (χ3v) is 4.67. The number of aliphatic imine (C=N–C) groups is 1. The SMILES string of the molecule is CCNC(=NCC1CCCOC1C(C)(C)C)NCCC1CC1.I. The van der Waals surface area contributed by atoms with Crippen molar-refractivity contribution in [2.24, 2.45) is 22.2 Å². The zero-order chi connectivity index (χ0) is 16.0. The van der Waals surface area contributed by atoms with E-state index in [1.165, 1.54) is 32.1 Å². The van der Waals surface area contributed by atoms with Gasteiger partial charge in [-0.15, -0.1) is 24.0 Å². The molecule has 2 fully saturated rings. The number of nitrogens with zero attached hydrogens (tertiary/aromatic N) is 1. The highest BCUT2D eigenvalue weighted by Crippen LogP contribution is 2.34. The van der Waals surface area contributed by atoms with Gasteiger partial charge in [-0.25, -0.2) is 0 Å². The van der Waals surface area contributed by atoms with E-state index in [1.54, 1.807) is 0 Å². The molecule has 0 aromatic heterocycles. The second-order valence-electron chi connectivity index (χ2n) is 7.94. The summed E-state index contributed by atoms with van der Waals surface area (Å²) in [6, 6.07) is 0. The van der Waals surface area contributed by atoms with Crippen molar-refractivity contribution in [2.45, 2.75) is 65.9 Å². The van der Waals surface area contributed by atoms with Gasteiger partial charge in [0, 0.05) is 32.2 Å². The molecule has 0 amide bonds. The highest BCUT2D eigenvalue weighted by molar-refractivity contribution is 14.0. The Bertz CT molecular complexity index is 364. The van der Waals surface area contributed by atoms with Crippen molar-refractivity contribution in [1.29, 1.82) is 0 Å². The Balaban J connectivity index is 0.00000264. The van der Waals surface area contributed by atoms with E-state index >= 15 is 0 Å². The molecule has 1 aliphatic carbocycles. The van der Waals surface area contributed by atoms with Gasteiger partial charge in [-0.3, -0.25) is 4.99 Å². The molecule has 1 heterocycles. The summed E-state index contributed by atoms with van der Waals surface area (Å²) in [5, 5.41) is 6.85. The average molecular weight is 437 g/mol. The molecule has 0 bridgehead atoms. The van der Waals surface area contributed by atoms with Gasteiger partial charge in [-0.2, -0.15) is 0 Å². The molecule has 2 unspecified atom stereocenters. The summed E-state index contributed by atoms with van der Waals surface area (Å²) in [4.78, 5) is 4.83. The summed E-state index contributed by atoms with van der Waals surface area (Å²) in [5.74, 6) is 2.47. The number of nitrogens with one attached hydrogen (secondary N) is 2. The number of halogens is 1. The summed E-state index contributed by atoms with van der Waals surface area (Å²) < 4.78 is 6.06. The van der Waals surface area contributed by atoms with Crippen molar-refractivity contribution in [3.63, 3.8) is 0 Å². The standard InChI is InChI=1S/C18H35N3O.HI/c1-5-19-17(20-11-10-14-8-9-14)21-13-15-7-6-12-22-16(15)18(2,3)4;/h14-16H,5-13H2,1-4H3,(H2,19,20,21);1H. The molecule has 1 saturated carbocycles. The van der Waals surface area contributed by atoms with Crippen LogP contribution in [0.5, 0.6) is 0 Å². The summed E-state index contributed by atoms with van der Waals surface area (Å²) in [6.45, 7) is 12.7. The first-order valence-electron chi connectivity index (χ1n) is 9.14. The fourth-order valence-electron chi connectivity index (χ4n) is 3.34. The van der Waals surface area contributed by atoms with Crippen LogP contribution in [0.2, 0.25) is 0 Å². The number of hydrogen-bond donors (Lipinski definition) is 2. The number of rotatable bonds is 6. The van der Waals surface area contributed by atoms with Crippen LogP contribution in [-0.4, -0.2) is 38.3 Å². The van der Waals surface area contributed by atoms with E-state index < -0.39 is 0 Å². The highest BCUT2D eigenvalue weighted by Gasteiger charge is 2.35. The van der Waals surface area contributed by atoms with Gasteiger partial charge in [-0.1, -0.05) is 33.6 Å². The van der Waals surface area contributed by atoms with Crippen molar-refractivity contribution in [2.75, 3.05) is 26.2 Å². The Morgan fingerprint density at radius 2 is 1.91 bits per heavy atom. The predicted molar refractivity (Wildman–Crippen MR) is 109 cm³/mol. The zero-order valence-electron chi connectivity index (χ0n) is 15.4. The summed E-state index contributed by atoms with van der Waals surface area (Å²) in [5.41, 5.74) is 0.193. The van der Waals surface area contributed by atoms with Gasteiger partial charge in [0.2, 0.25) is 0 Å². The Morgan fingerprint density at radius 1 is 1.17 bits per heavy atom. The molecule has 0 radical (unpaired) electrons. The molecule has 23 heavy (non-hydrogen) atoms. The van der Waals surface area contributed by atoms with Gasteiger partial charge in [0.15, 0.2) is 5.96 Å². The Kier molecular flexibility index (Phi) is 9.19. The van der Waals surface area contributed by atoms with Crippen LogP contribution in [0.3, 0.4) is 0 Å². The molecule has 1 aliphatic heterocycles. The van der Waals surface area contributed by atoms with Crippen LogP contribution in [-0.2, 0) is 4.74 Å². The maximum Gasteiger partial charge on any atom is 0.191 e. The molecule has 1 saturated heterocycles. The lowest BCUT2D eigenvalue weighted by Gasteiger charge is -2.39. The number of guanidine groups is 1. The minimum atomic E-state index is 0. The van der Waals surface area contributed by atoms with Crippen molar-refractivity contribution >= 4 is 29.9 Å². The van der Waals surface area contributed by atoms with Gasteiger partial charge in [-0.05, 0) is 37.5 Å². The van der Waals surface area contributed by atoms with Crippen LogP contribution in [0.1, 0.15) is 59.8 Å². The van der Waals surface area contributed by atoms with E-state index in [2.05, 4.69) is 38.3 Å². The highest BCUT2D eigenvalue weighted by atomic mass is 127. The molecule has 136 valence electrons. The first-order valence-corrected chi connectivity index (χ1v) is 9.14. The minimum absolute atomic E-state index is 0. The summed E-state index contributed by atoms with van der Waals surface area (Å²) in [7, 11) is 0. The van der Waals surface area contributed by atoms with E-state index in [0.29, 0.717) is 12.0 Å². The first kappa shape index (κ1) is 21.0. The third kappa shape index (κ3) is 7.59. The van der Waals surface area contributed by atoms with E-state index in [9.17, 15) is 0 Å². The molecular formula is C18H36IN3O. The fraction of sp³-hybridized carbons (Fsp3) is 0.944. The number of hydrogen-bond acceptors (Lipinski definition) is 2.